The SMILES string of the molecule is CC(C)(C)OC(=O)CCCNC(=S)Nc1ccc(C(C)(C)C)cc1. The average molecular weight is 351 g/mol. The molecule has 0 aromatic heterocycles. The third-order valence-corrected chi connectivity index (χ3v) is 3.52. The van der Waals surface area contributed by atoms with Crippen molar-refractivity contribution in [1.29, 1.82) is 0 Å². The number of nitrogens with one attached hydrogen (secondary N) is 2. The van der Waals surface area contributed by atoms with Gasteiger partial charge in [-0.15, -0.1) is 0 Å². The summed E-state index contributed by atoms with van der Waals surface area (Å²) in [6.45, 7) is 12.8. The zero-order chi connectivity index (χ0) is 18.4. The predicted octanol–water partition coefficient (Wildman–Crippen LogP) is 4.39. The topological polar surface area (TPSA) is 50.4 Å². The van der Waals surface area contributed by atoms with E-state index in [-0.39, 0.29) is 11.4 Å². The Hall–Kier alpha value is -1.62. The van der Waals surface area contributed by atoms with Crippen LogP contribution >= 0.6 is 12.2 Å². The molecule has 1 aromatic rings. The van der Waals surface area contributed by atoms with Gasteiger partial charge in [-0.25, -0.2) is 0 Å². The van der Waals surface area contributed by atoms with Crippen LogP contribution in [-0.4, -0.2) is 23.2 Å². The first-order valence-corrected chi connectivity index (χ1v) is 8.75. The molecule has 0 aliphatic carbocycles. The fourth-order valence-corrected chi connectivity index (χ4v) is 2.28. The van der Waals surface area contributed by atoms with Gasteiger partial charge in [-0.3, -0.25) is 4.79 Å². The van der Waals surface area contributed by atoms with Gasteiger partial charge in [-0.1, -0.05) is 32.9 Å². The maximum absolute atomic E-state index is 11.6. The van der Waals surface area contributed by atoms with Crippen LogP contribution < -0.4 is 10.6 Å². The number of hydrogen-bond donors (Lipinski definition) is 2. The third kappa shape index (κ3) is 8.29. The summed E-state index contributed by atoms with van der Waals surface area (Å²) >= 11 is 5.27. The van der Waals surface area contributed by atoms with E-state index in [1.165, 1.54) is 5.56 Å². The summed E-state index contributed by atoms with van der Waals surface area (Å²) in [4.78, 5) is 11.6. The van der Waals surface area contributed by atoms with Crippen molar-refractivity contribution in [3.8, 4) is 0 Å². The lowest BCUT2D eigenvalue weighted by molar-refractivity contribution is -0.154. The molecular weight excluding hydrogens is 320 g/mol. The molecule has 0 radical (unpaired) electrons. The van der Waals surface area contributed by atoms with Gasteiger partial charge in [-0.2, -0.15) is 0 Å². The number of hydrogen-bond acceptors (Lipinski definition) is 3. The molecular formula is C19H30N2O2S. The van der Waals surface area contributed by atoms with Gasteiger partial charge in [0.05, 0.1) is 0 Å². The molecule has 2 N–H and O–H groups in total. The van der Waals surface area contributed by atoms with Crippen molar-refractivity contribution in [3.63, 3.8) is 0 Å². The van der Waals surface area contributed by atoms with Gasteiger partial charge in [0.25, 0.3) is 0 Å². The molecule has 1 rings (SSSR count). The van der Waals surface area contributed by atoms with Crippen LogP contribution in [0.2, 0.25) is 0 Å². The molecule has 4 nitrogen and oxygen atoms in total. The highest BCUT2D eigenvalue weighted by molar-refractivity contribution is 7.80. The van der Waals surface area contributed by atoms with Crippen molar-refractivity contribution in [2.75, 3.05) is 11.9 Å². The number of carbonyl (C=O) groups is 1. The number of thiocarbonyl (C=S) groups is 1. The van der Waals surface area contributed by atoms with Crippen molar-refractivity contribution in [2.45, 2.75) is 65.4 Å². The quantitative estimate of drug-likeness (QED) is 0.468. The van der Waals surface area contributed by atoms with Crippen LogP contribution in [0.5, 0.6) is 0 Å². The lowest BCUT2D eigenvalue weighted by Gasteiger charge is -2.20. The van der Waals surface area contributed by atoms with Crippen LogP contribution in [-0.2, 0) is 14.9 Å². The second kappa shape index (κ2) is 8.47. The summed E-state index contributed by atoms with van der Waals surface area (Å²) in [7, 11) is 0. The first-order chi connectivity index (χ1) is 11.0. The minimum Gasteiger partial charge on any atom is -0.460 e. The molecule has 5 heteroatoms. The highest BCUT2D eigenvalue weighted by Crippen LogP contribution is 2.23. The van der Waals surface area contributed by atoms with Crippen molar-refractivity contribution < 1.29 is 9.53 Å². The maximum Gasteiger partial charge on any atom is 0.306 e. The van der Waals surface area contributed by atoms with Crippen molar-refractivity contribution in [1.82, 2.24) is 5.32 Å². The van der Waals surface area contributed by atoms with E-state index in [1.54, 1.807) is 0 Å². The Bertz CT molecular complexity index is 554. The largest absolute Gasteiger partial charge is 0.460 e. The van der Waals surface area contributed by atoms with Crippen LogP contribution in [0.3, 0.4) is 0 Å². The van der Waals surface area contributed by atoms with E-state index in [2.05, 4.69) is 43.5 Å². The van der Waals surface area contributed by atoms with Crippen LogP contribution in [0.15, 0.2) is 24.3 Å². The highest BCUT2D eigenvalue weighted by Gasteiger charge is 2.15. The minimum absolute atomic E-state index is 0.138. The molecule has 0 fully saturated rings. The number of rotatable bonds is 5. The Morgan fingerprint density at radius 2 is 1.67 bits per heavy atom. The first-order valence-electron chi connectivity index (χ1n) is 8.34. The second-order valence-corrected chi connectivity index (χ2v) is 8.31. The number of benzene rings is 1. The number of anilines is 1. The first kappa shape index (κ1) is 20.4. The van der Waals surface area contributed by atoms with Crippen molar-refractivity contribution >= 4 is 29.0 Å². The van der Waals surface area contributed by atoms with E-state index >= 15 is 0 Å². The number of ether oxygens (including phenoxy) is 1. The molecule has 0 spiro atoms. The second-order valence-electron chi connectivity index (χ2n) is 7.90. The molecule has 0 amide bonds. The lowest BCUT2D eigenvalue weighted by Crippen LogP contribution is -2.30. The van der Waals surface area contributed by atoms with Gasteiger partial charge in [-0.05, 0) is 62.5 Å². The molecule has 0 saturated heterocycles. The standard InChI is InChI=1S/C19H30N2O2S/c1-18(2,3)14-9-11-15(12-10-14)21-17(24)20-13-7-8-16(22)23-19(4,5)6/h9-12H,7-8,13H2,1-6H3,(H2,20,21,24). The Morgan fingerprint density at radius 1 is 1.08 bits per heavy atom. The Kier molecular flexibility index (Phi) is 7.21. The number of esters is 1. The zero-order valence-electron chi connectivity index (χ0n) is 15.7. The Labute approximate surface area is 151 Å². The summed E-state index contributed by atoms with van der Waals surface area (Å²) in [6, 6.07) is 8.26. The van der Waals surface area contributed by atoms with E-state index in [0.717, 1.165) is 5.69 Å². The predicted molar refractivity (Wildman–Crippen MR) is 104 cm³/mol. The normalized spacial score (nSPS) is 11.8. The maximum atomic E-state index is 11.6. The fraction of sp³-hybridized carbons (Fsp3) is 0.579. The van der Waals surface area contributed by atoms with E-state index < -0.39 is 5.60 Å². The molecule has 0 aliphatic rings. The summed E-state index contributed by atoms with van der Waals surface area (Å²) in [6.07, 6.45) is 1.06. The third-order valence-electron chi connectivity index (χ3n) is 3.27. The van der Waals surface area contributed by atoms with E-state index in [9.17, 15) is 4.79 Å². The molecule has 0 heterocycles. The summed E-state index contributed by atoms with van der Waals surface area (Å²) < 4.78 is 5.26. The lowest BCUT2D eigenvalue weighted by atomic mass is 9.87. The van der Waals surface area contributed by atoms with Crippen LogP contribution in [0.4, 0.5) is 5.69 Å². The van der Waals surface area contributed by atoms with Gasteiger partial charge in [0.15, 0.2) is 5.11 Å². The summed E-state index contributed by atoms with van der Waals surface area (Å²) in [5.74, 6) is -0.180. The molecule has 0 atom stereocenters. The molecule has 1 aromatic carbocycles. The minimum atomic E-state index is -0.430. The Morgan fingerprint density at radius 3 is 2.17 bits per heavy atom. The van der Waals surface area contributed by atoms with Gasteiger partial charge in [0.1, 0.15) is 5.60 Å². The van der Waals surface area contributed by atoms with Crippen LogP contribution in [0.25, 0.3) is 0 Å². The highest BCUT2D eigenvalue weighted by atomic mass is 32.1. The van der Waals surface area contributed by atoms with Gasteiger partial charge in [0, 0.05) is 18.7 Å². The van der Waals surface area contributed by atoms with Crippen LogP contribution in [0, 0.1) is 0 Å². The molecule has 24 heavy (non-hydrogen) atoms. The molecule has 0 bridgehead atoms. The van der Waals surface area contributed by atoms with Crippen LogP contribution in [0.1, 0.15) is 59.9 Å². The Balaban J connectivity index is 2.31. The fourth-order valence-electron chi connectivity index (χ4n) is 2.06. The number of carbonyl (C=O) groups excluding carboxylic acids is 1. The molecule has 0 saturated carbocycles. The van der Waals surface area contributed by atoms with Gasteiger partial charge >= 0.3 is 5.97 Å². The van der Waals surface area contributed by atoms with E-state index in [1.807, 2.05) is 32.9 Å². The smallest absolute Gasteiger partial charge is 0.306 e. The van der Waals surface area contributed by atoms with Crippen molar-refractivity contribution in [3.05, 3.63) is 29.8 Å². The van der Waals surface area contributed by atoms with E-state index in [4.69, 9.17) is 17.0 Å². The van der Waals surface area contributed by atoms with Crippen molar-refractivity contribution in [2.24, 2.45) is 0 Å². The average Bonchev–Trinajstić information content (AvgIpc) is 2.41. The summed E-state index contributed by atoms with van der Waals surface area (Å²) in [5.41, 5.74) is 1.94. The summed E-state index contributed by atoms with van der Waals surface area (Å²) in [5, 5.41) is 6.82. The van der Waals surface area contributed by atoms with E-state index in [0.29, 0.717) is 24.5 Å². The molecule has 134 valence electrons. The zero-order valence-corrected chi connectivity index (χ0v) is 16.5. The molecule has 0 aliphatic heterocycles. The van der Waals surface area contributed by atoms with Gasteiger partial charge < -0.3 is 15.4 Å². The molecule has 0 unspecified atom stereocenters. The monoisotopic (exact) mass is 350 g/mol. The van der Waals surface area contributed by atoms with Gasteiger partial charge in [0.2, 0.25) is 0 Å².